The van der Waals surface area contributed by atoms with Crippen LogP contribution in [-0.4, -0.2) is 12.6 Å². The van der Waals surface area contributed by atoms with Gasteiger partial charge >= 0.3 is 0 Å². The predicted octanol–water partition coefficient (Wildman–Crippen LogP) is 5.22. The van der Waals surface area contributed by atoms with Gasteiger partial charge in [0.2, 0.25) is 0 Å². The first-order chi connectivity index (χ1) is 9.93. The van der Waals surface area contributed by atoms with Crippen LogP contribution < -0.4 is 10.1 Å². The van der Waals surface area contributed by atoms with Crippen LogP contribution in [0.1, 0.15) is 64.0 Å². The summed E-state index contributed by atoms with van der Waals surface area (Å²) in [7, 11) is 2.07. The van der Waals surface area contributed by atoms with E-state index in [1.807, 2.05) is 0 Å². The molecule has 1 spiro atoms. The molecule has 0 saturated heterocycles. The predicted molar refractivity (Wildman–Crippen MR) is 90.8 cm³/mol. The van der Waals surface area contributed by atoms with Crippen molar-refractivity contribution < 1.29 is 4.74 Å². The zero-order valence-corrected chi connectivity index (χ0v) is 14.9. The summed E-state index contributed by atoms with van der Waals surface area (Å²) in [4.78, 5) is 0. The zero-order chi connectivity index (χ0) is 15.1. The lowest BCUT2D eigenvalue weighted by Gasteiger charge is -2.42. The fraction of sp³-hybridized carbons (Fsp3) is 0.667. The lowest BCUT2D eigenvalue weighted by atomic mass is 9.80. The monoisotopic (exact) mass is 351 g/mol. The average molecular weight is 352 g/mol. The van der Waals surface area contributed by atoms with E-state index in [9.17, 15) is 0 Å². The Balaban J connectivity index is 1.92. The first kappa shape index (κ1) is 15.4. The number of benzene rings is 1. The SMILES string of the molecule is CNC1CC2(CCCC(C)(C)CC2)Oc2cc(Br)ccc21. The third-order valence-electron chi connectivity index (χ3n) is 5.35. The molecule has 1 aromatic rings. The van der Waals surface area contributed by atoms with Crippen molar-refractivity contribution in [3.8, 4) is 5.75 Å². The Labute approximate surface area is 136 Å². The second-order valence-electron chi connectivity index (χ2n) is 7.53. The molecule has 3 heteroatoms. The van der Waals surface area contributed by atoms with Gasteiger partial charge in [0.15, 0.2) is 0 Å². The smallest absolute Gasteiger partial charge is 0.126 e. The molecule has 21 heavy (non-hydrogen) atoms. The van der Waals surface area contributed by atoms with Crippen LogP contribution in [0.15, 0.2) is 22.7 Å². The van der Waals surface area contributed by atoms with Gasteiger partial charge in [0.05, 0.1) is 0 Å². The van der Waals surface area contributed by atoms with Crippen LogP contribution in [0.5, 0.6) is 5.75 Å². The molecule has 116 valence electrons. The van der Waals surface area contributed by atoms with Crippen LogP contribution in [0, 0.1) is 5.41 Å². The molecule has 0 aromatic heterocycles. The largest absolute Gasteiger partial charge is 0.487 e. The number of hydrogen-bond acceptors (Lipinski definition) is 2. The average Bonchev–Trinajstić information content (AvgIpc) is 2.57. The van der Waals surface area contributed by atoms with Crippen molar-refractivity contribution in [3.05, 3.63) is 28.2 Å². The topological polar surface area (TPSA) is 21.3 Å². The molecule has 2 nitrogen and oxygen atoms in total. The molecule has 1 aromatic carbocycles. The molecule has 1 heterocycles. The molecule has 2 aliphatic rings. The van der Waals surface area contributed by atoms with Crippen LogP contribution in [0.25, 0.3) is 0 Å². The van der Waals surface area contributed by atoms with E-state index in [2.05, 4.69) is 60.3 Å². The number of nitrogens with one attached hydrogen (secondary N) is 1. The van der Waals surface area contributed by atoms with Crippen LogP contribution in [0.2, 0.25) is 0 Å². The Kier molecular flexibility index (Phi) is 4.08. The summed E-state index contributed by atoms with van der Waals surface area (Å²) < 4.78 is 7.68. The minimum Gasteiger partial charge on any atom is -0.487 e. The Morgan fingerprint density at radius 1 is 1.19 bits per heavy atom. The van der Waals surface area contributed by atoms with Crippen LogP contribution in [0.4, 0.5) is 0 Å². The van der Waals surface area contributed by atoms with Crippen LogP contribution >= 0.6 is 15.9 Å². The van der Waals surface area contributed by atoms with Gasteiger partial charge in [0, 0.05) is 22.5 Å². The van der Waals surface area contributed by atoms with E-state index in [0.29, 0.717) is 11.5 Å². The Morgan fingerprint density at radius 2 is 2.00 bits per heavy atom. The molecule has 1 aliphatic heterocycles. The first-order valence-corrected chi connectivity index (χ1v) is 8.88. The van der Waals surface area contributed by atoms with E-state index in [1.165, 1.54) is 37.7 Å². The molecular formula is C18H26BrNO. The quantitative estimate of drug-likeness (QED) is 0.748. The number of hydrogen-bond donors (Lipinski definition) is 1. The van der Waals surface area contributed by atoms with Gasteiger partial charge in [0.25, 0.3) is 0 Å². The highest BCUT2D eigenvalue weighted by Gasteiger charge is 2.43. The maximum absolute atomic E-state index is 6.58. The van der Waals surface area contributed by atoms with E-state index in [-0.39, 0.29) is 5.60 Å². The van der Waals surface area contributed by atoms with Gasteiger partial charge in [-0.15, -0.1) is 0 Å². The van der Waals surface area contributed by atoms with Gasteiger partial charge in [-0.05, 0) is 56.7 Å². The second kappa shape index (κ2) is 5.58. The van der Waals surface area contributed by atoms with Crippen molar-refractivity contribution in [2.45, 2.75) is 64.0 Å². The molecule has 1 saturated carbocycles. The molecule has 1 fully saturated rings. The van der Waals surface area contributed by atoms with Crippen molar-refractivity contribution in [3.63, 3.8) is 0 Å². The molecule has 0 radical (unpaired) electrons. The van der Waals surface area contributed by atoms with E-state index in [4.69, 9.17) is 4.74 Å². The number of fused-ring (bicyclic) bond motifs is 1. The fourth-order valence-electron chi connectivity index (χ4n) is 3.91. The summed E-state index contributed by atoms with van der Waals surface area (Å²) in [6, 6.07) is 6.84. The standard InChI is InChI=1S/C18H26BrNO/c1-17(2)7-4-8-18(10-9-17)12-15(20-3)14-6-5-13(19)11-16(14)21-18/h5-6,11,15,20H,4,7-10,12H2,1-3H3. The summed E-state index contributed by atoms with van der Waals surface area (Å²) >= 11 is 3.58. The van der Waals surface area contributed by atoms with E-state index in [0.717, 1.165) is 16.6 Å². The first-order valence-electron chi connectivity index (χ1n) is 8.09. The van der Waals surface area contributed by atoms with Crippen molar-refractivity contribution in [2.24, 2.45) is 5.41 Å². The molecule has 1 N–H and O–H groups in total. The van der Waals surface area contributed by atoms with Crippen molar-refractivity contribution in [1.29, 1.82) is 0 Å². The minimum atomic E-state index is 0.0231. The molecule has 0 amide bonds. The zero-order valence-electron chi connectivity index (χ0n) is 13.3. The lowest BCUT2D eigenvalue weighted by Crippen LogP contribution is -2.43. The Hall–Kier alpha value is -0.540. The third kappa shape index (κ3) is 3.14. The molecular weight excluding hydrogens is 326 g/mol. The highest BCUT2D eigenvalue weighted by atomic mass is 79.9. The highest BCUT2D eigenvalue weighted by Crippen LogP contribution is 2.48. The number of rotatable bonds is 1. The lowest BCUT2D eigenvalue weighted by molar-refractivity contribution is 0.0148. The Bertz CT molecular complexity index is 528. The summed E-state index contributed by atoms with van der Waals surface area (Å²) in [5.41, 5.74) is 1.78. The maximum Gasteiger partial charge on any atom is 0.126 e. The van der Waals surface area contributed by atoms with Crippen LogP contribution in [-0.2, 0) is 0 Å². The van der Waals surface area contributed by atoms with Crippen LogP contribution in [0.3, 0.4) is 0 Å². The summed E-state index contributed by atoms with van der Waals surface area (Å²) in [5.74, 6) is 1.06. The van der Waals surface area contributed by atoms with Crippen molar-refractivity contribution in [1.82, 2.24) is 5.32 Å². The second-order valence-corrected chi connectivity index (χ2v) is 8.45. The van der Waals surface area contributed by atoms with Gasteiger partial charge in [-0.2, -0.15) is 0 Å². The number of halogens is 1. The summed E-state index contributed by atoms with van der Waals surface area (Å²) in [6.45, 7) is 4.80. The van der Waals surface area contributed by atoms with Gasteiger partial charge < -0.3 is 10.1 Å². The number of ether oxygens (including phenoxy) is 1. The van der Waals surface area contributed by atoms with E-state index < -0.39 is 0 Å². The van der Waals surface area contributed by atoms with E-state index in [1.54, 1.807) is 0 Å². The van der Waals surface area contributed by atoms with Crippen molar-refractivity contribution >= 4 is 15.9 Å². The highest BCUT2D eigenvalue weighted by molar-refractivity contribution is 9.10. The molecule has 3 rings (SSSR count). The van der Waals surface area contributed by atoms with Gasteiger partial charge in [0.1, 0.15) is 11.4 Å². The Morgan fingerprint density at radius 3 is 2.76 bits per heavy atom. The molecule has 1 aliphatic carbocycles. The third-order valence-corrected chi connectivity index (χ3v) is 5.84. The minimum absolute atomic E-state index is 0.0231. The molecule has 2 unspecified atom stereocenters. The van der Waals surface area contributed by atoms with Gasteiger partial charge in [-0.25, -0.2) is 0 Å². The molecule has 2 atom stereocenters. The summed E-state index contributed by atoms with van der Waals surface area (Å²) in [5, 5.41) is 3.50. The fourth-order valence-corrected chi connectivity index (χ4v) is 4.25. The van der Waals surface area contributed by atoms with E-state index >= 15 is 0 Å². The normalized spacial score (nSPS) is 31.3. The molecule has 0 bridgehead atoms. The maximum atomic E-state index is 6.58. The summed E-state index contributed by atoms with van der Waals surface area (Å²) in [6.07, 6.45) is 7.28. The van der Waals surface area contributed by atoms with Crippen molar-refractivity contribution in [2.75, 3.05) is 7.05 Å². The van der Waals surface area contributed by atoms with Gasteiger partial charge in [-0.1, -0.05) is 35.8 Å². The van der Waals surface area contributed by atoms with Gasteiger partial charge in [-0.3, -0.25) is 0 Å².